The van der Waals surface area contributed by atoms with E-state index >= 15 is 0 Å². The van der Waals surface area contributed by atoms with Crippen LogP contribution in [0.2, 0.25) is 0 Å². The van der Waals surface area contributed by atoms with E-state index in [0.717, 1.165) is 12.0 Å². The molecular weight excluding hydrogens is 152 g/mol. The molecule has 3 heteroatoms. The van der Waals surface area contributed by atoms with Crippen LogP contribution in [0.5, 0.6) is 0 Å². The van der Waals surface area contributed by atoms with Gasteiger partial charge in [0, 0.05) is 12.3 Å². The second-order valence-corrected chi connectivity index (χ2v) is 2.52. The van der Waals surface area contributed by atoms with Gasteiger partial charge in [0.15, 0.2) is 0 Å². The molecule has 1 aromatic heterocycles. The van der Waals surface area contributed by atoms with Crippen LogP contribution in [-0.4, -0.2) is 4.57 Å². The Morgan fingerprint density at radius 2 is 2.33 bits per heavy atom. The molecule has 0 aromatic carbocycles. The molecular formula is C9H10N2O. The van der Waals surface area contributed by atoms with Gasteiger partial charge in [-0.3, -0.25) is 4.79 Å². The van der Waals surface area contributed by atoms with Gasteiger partial charge in [-0.1, -0.05) is 13.0 Å². The van der Waals surface area contributed by atoms with Crippen LogP contribution in [0.25, 0.3) is 0 Å². The average Bonchev–Trinajstić information content (AvgIpc) is 2.09. The molecule has 0 aliphatic carbocycles. The number of aryl methyl sites for hydroxylation is 1. The van der Waals surface area contributed by atoms with Crippen molar-refractivity contribution >= 4 is 0 Å². The van der Waals surface area contributed by atoms with Crippen LogP contribution in [0.1, 0.15) is 12.5 Å². The van der Waals surface area contributed by atoms with Gasteiger partial charge in [-0.25, -0.2) is 0 Å². The fourth-order valence-electron chi connectivity index (χ4n) is 0.990. The van der Waals surface area contributed by atoms with E-state index < -0.39 is 0 Å². The van der Waals surface area contributed by atoms with Crippen molar-refractivity contribution in [2.45, 2.75) is 19.9 Å². The van der Waals surface area contributed by atoms with E-state index in [0.29, 0.717) is 0 Å². The molecule has 0 aliphatic heterocycles. The van der Waals surface area contributed by atoms with Crippen LogP contribution in [0.15, 0.2) is 23.1 Å². The van der Waals surface area contributed by atoms with Crippen LogP contribution in [-0.2, 0) is 13.0 Å². The molecule has 0 aliphatic rings. The number of hydrogen-bond donors (Lipinski definition) is 0. The van der Waals surface area contributed by atoms with E-state index in [-0.39, 0.29) is 12.1 Å². The van der Waals surface area contributed by atoms with Crippen LogP contribution in [0.4, 0.5) is 0 Å². The zero-order valence-corrected chi connectivity index (χ0v) is 6.95. The summed E-state index contributed by atoms with van der Waals surface area (Å²) in [5, 5.41) is 8.40. The maximum atomic E-state index is 11.1. The summed E-state index contributed by atoms with van der Waals surface area (Å²) in [4.78, 5) is 11.1. The lowest BCUT2D eigenvalue weighted by Crippen LogP contribution is -2.18. The maximum absolute atomic E-state index is 11.1. The van der Waals surface area contributed by atoms with E-state index in [1.165, 1.54) is 10.6 Å². The lowest BCUT2D eigenvalue weighted by atomic mass is 10.2. The van der Waals surface area contributed by atoms with Crippen LogP contribution < -0.4 is 5.56 Å². The predicted molar refractivity (Wildman–Crippen MR) is 45.7 cm³/mol. The largest absolute Gasteiger partial charge is 0.301 e. The van der Waals surface area contributed by atoms with Crippen LogP contribution in [0.3, 0.4) is 0 Å². The van der Waals surface area contributed by atoms with Gasteiger partial charge in [0.25, 0.3) is 5.56 Å². The second kappa shape index (κ2) is 3.72. The Balaban J connectivity index is 3.10. The quantitative estimate of drug-likeness (QED) is 0.649. The maximum Gasteiger partial charge on any atom is 0.251 e. The van der Waals surface area contributed by atoms with Crippen molar-refractivity contribution in [1.82, 2.24) is 4.57 Å². The van der Waals surface area contributed by atoms with Crippen molar-refractivity contribution in [2.24, 2.45) is 0 Å². The van der Waals surface area contributed by atoms with E-state index in [2.05, 4.69) is 0 Å². The molecule has 0 amide bonds. The van der Waals surface area contributed by atoms with E-state index in [1.807, 2.05) is 13.0 Å². The molecule has 0 unspecified atom stereocenters. The molecule has 1 aromatic rings. The van der Waals surface area contributed by atoms with Gasteiger partial charge in [0.05, 0.1) is 6.07 Å². The Bertz CT molecular complexity index is 360. The topological polar surface area (TPSA) is 45.8 Å². The highest BCUT2D eigenvalue weighted by atomic mass is 16.1. The summed E-state index contributed by atoms with van der Waals surface area (Å²) in [6, 6.07) is 5.22. The van der Waals surface area contributed by atoms with E-state index in [4.69, 9.17) is 5.26 Å². The average molecular weight is 162 g/mol. The summed E-state index contributed by atoms with van der Waals surface area (Å²) in [6.07, 6.45) is 2.61. The Labute approximate surface area is 70.9 Å². The van der Waals surface area contributed by atoms with Gasteiger partial charge in [0.2, 0.25) is 0 Å². The highest BCUT2D eigenvalue weighted by Gasteiger charge is 1.95. The molecule has 3 nitrogen and oxygen atoms in total. The third-order valence-corrected chi connectivity index (χ3v) is 1.69. The summed E-state index contributed by atoms with van der Waals surface area (Å²) < 4.78 is 1.42. The third kappa shape index (κ3) is 1.73. The highest BCUT2D eigenvalue weighted by Crippen LogP contribution is 1.95. The van der Waals surface area contributed by atoms with Crippen LogP contribution >= 0.6 is 0 Å². The molecule has 62 valence electrons. The summed E-state index contributed by atoms with van der Waals surface area (Å²) in [7, 11) is 0. The first-order valence-electron chi connectivity index (χ1n) is 3.84. The predicted octanol–water partition coefficient (Wildman–Crippen LogP) is 0.934. The van der Waals surface area contributed by atoms with Crippen molar-refractivity contribution in [1.29, 1.82) is 5.26 Å². The minimum atomic E-state index is -0.117. The summed E-state index contributed by atoms with van der Waals surface area (Å²) >= 11 is 0. The fourth-order valence-corrected chi connectivity index (χ4v) is 0.990. The molecule has 1 rings (SSSR count). The normalized spacial score (nSPS) is 9.33. The first-order valence-corrected chi connectivity index (χ1v) is 3.84. The van der Waals surface area contributed by atoms with Crippen molar-refractivity contribution in [3.63, 3.8) is 0 Å². The Hall–Kier alpha value is -1.56. The number of nitriles is 1. The van der Waals surface area contributed by atoms with Crippen molar-refractivity contribution in [2.75, 3.05) is 0 Å². The van der Waals surface area contributed by atoms with Crippen molar-refractivity contribution in [3.8, 4) is 6.07 Å². The first kappa shape index (κ1) is 8.54. The van der Waals surface area contributed by atoms with Crippen LogP contribution in [0, 0.1) is 11.3 Å². The van der Waals surface area contributed by atoms with Gasteiger partial charge >= 0.3 is 0 Å². The summed E-state index contributed by atoms with van der Waals surface area (Å²) in [6.45, 7) is 2.14. The Morgan fingerprint density at radius 1 is 1.58 bits per heavy atom. The zero-order chi connectivity index (χ0) is 8.97. The number of aromatic nitrogens is 1. The molecule has 0 bridgehead atoms. The zero-order valence-electron chi connectivity index (χ0n) is 6.95. The second-order valence-electron chi connectivity index (χ2n) is 2.52. The number of pyridine rings is 1. The highest BCUT2D eigenvalue weighted by molar-refractivity contribution is 5.10. The number of hydrogen-bond acceptors (Lipinski definition) is 2. The molecule has 0 saturated heterocycles. The minimum Gasteiger partial charge on any atom is -0.301 e. The fraction of sp³-hybridized carbons (Fsp3) is 0.333. The monoisotopic (exact) mass is 162 g/mol. The lowest BCUT2D eigenvalue weighted by Gasteiger charge is -2.01. The van der Waals surface area contributed by atoms with Gasteiger partial charge in [-0.2, -0.15) is 5.26 Å². The van der Waals surface area contributed by atoms with E-state index in [9.17, 15) is 4.79 Å². The smallest absolute Gasteiger partial charge is 0.251 e. The standard InChI is InChI=1S/C9H10N2O/c1-2-8-3-4-9(12)11(7-8)6-5-10/h3-4,7H,2,6H2,1H3. The van der Waals surface area contributed by atoms with Gasteiger partial charge in [-0.05, 0) is 12.0 Å². The molecule has 0 fully saturated rings. The van der Waals surface area contributed by atoms with Crippen molar-refractivity contribution < 1.29 is 0 Å². The van der Waals surface area contributed by atoms with Crippen molar-refractivity contribution in [3.05, 3.63) is 34.2 Å². The molecule has 0 atom stereocenters. The molecule has 1 heterocycles. The number of rotatable bonds is 2. The molecule has 0 N–H and O–H groups in total. The summed E-state index contributed by atoms with van der Waals surface area (Å²) in [5.41, 5.74) is 0.957. The SMILES string of the molecule is CCc1ccc(=O)n(CC#N)c1. The Kier molecular flexibility index (Phi) is 2.65. The van der Waals surface area contributed by atoms with Gasteiger partial charge < -0.3 is 4.57 Å². The molecule has 0 spiro atoms. The third-order valence-electron chi connectivity index (χ3n) is 1.69. The molecule has 0 radical (unpaired) electrons. The summed E-state index contributed by atoms with van der Waals surface area (Å²) in [5.74, 6) is 0. The molecule has 0 saturated carbocycles. The minimum absolute atomic E-state index is 0.117. The molecule has 12 heavy (non-hydrogen) atoms. The first-order chi connectivity index (χ1) is 5.77. The van der Waals surface area contributed by atoms with Gasteiger partial charge in [0.1, 0.15) is 6.54 Å². The Morgan fingerprint density at radius 3 is 2.92 bits per heavy atom. The lowest BCUT2D eigenvalue weighted by molar-refractivity contribution is 0.776. The van der Waals surface area contributed by atoms with Gasteiger partial charge in [-0.15, -0.1) is 0 Å². The van der Waals surface area contributed by atoms with E-state index in [1.54, 1.807) is 12.3 Å². The number of nitrogens with zero attached hydrogens (tertiary/aromatic N) is 2.